The lowest BCUT2D eigenvalue weighted by molar-refractivity contribution is -0.146. The molecule has 1 N–H and O–H groups in total. The van der Waals surface area contributed by atoms with E-state index in [-0.39, 0.29) is 23.3 Å². The van der Waals surface area contributed by atoms with Crippen molar-refractivity contribution in [1.82, 2.24) is 5.32 Å². The van der Waals surface area contributed by atoms with Gasteiger partial charge in [-0.3, -0.25) is 4.79 Å². The molecule has 6 nitrogen and oxygen atoms in total. The topological polar surface area (TPSA) is 73.9 Å². The molecule has 0 radical (unpaired) electrons. The molecule has 0 amide bonds. The van der Waals surface area contributed by atoms with E-state index in [1.54, 1.807) is 14.2 Å². The number of esters is 1. The monoisotopic (exact) mass is 531 g/mol. The molecule has 1 heterocycles. The van der Waals surface area contributed by atoms with Crippen LogP contribution in [0.4, 0.5) is 0 Å². The van der Waals surface area contributed by atoms with Crippen molar-refractivity contribution in [3.8, 4) is 11.5 Å². The maximum atomic E-state index is 13.6. The van der Waals surface area contributed by atoms with Crippen LogP contribution in [-0.4, -0.2) is 32.1 Å². The van der Waals surface area contributed by atoms with Crippen molar-refractivity contribution in [3.63, 3.8) is 0 Å². The zero-order valence-electron chi connectivity index (χ0n) is 20.7. The SMILES string of the molecule is COc1cc(Br)c([C@H]2C(C(=O)OC3CCCCC3)=C(C)NC3=C2C(=O)CC(C)(C)C3)cc1OC. The molecule has 0 spiro atoms. The van der Waals surface area contributed by atoms with Crippen LogP contribution in [0.2, 0.25) is 0 Å². The van der Waals surface area contributed by atoms with Crippen LogP contribution in [0.1, 0.15) is 77.2 Å². The van der Waals surface area contributed by atoms with Crippen molar-refractivity contribution in [2.75, 3.05) is 14.2 Å². The minimum Gasteiger partial charge on any atom is -0.493 e. The second-order valence-corrected chi connectivity index (χ2v) is 11.2. The molecule has 3 aliphatic rings. The van der Waals surface area contributed by atoms with E-state index in [0.29, 0.717) is 29.1 Å². The number of halogens is 1. The van der Waals surface area contributed by atoms with Gasteiger partial charge in [-0.1, -0.05) is 36.2 Å². The highest BCUT2D eigenvalue weighted by molar-refractivity contribution is 9.10. The van der Waals surface area contributed by atoms with E-state index in [1.165, 1.54) is 6.42 Å². The molecule has 2 aliphatic carbocycles. The second-order valence-electron chi connectivity index (χ2n) is 10.3. The van der Waals surface area contributed by atoms with Crippen molar-refractivity contribution in [3.05, 3.63) is 44.7 Å². The fraction of sp³-hybridized carbons (Fsp3) is 0.556. The van der Waals surface area contributed by atoms with E-state index < -0.39 is 5.92 Å². The number of carbonyl (C=O) groups excluding carboxylic acids is 2. The third kappa shape index (κ3) is 4.77. The molecule has 1 fully saturated rings. The molecule has 1 aromatic carbocycles. The van der Waals surface area contributed by atoms with Gasteiger partial charge in [0.2, 0.25) is 0 Å². The summed E-state index contributed by atoms with van der Waals surface area (Å²) >= 11 is 3.68. The van der Waals surface area contributed by atoms with Crippen LogP contribution in [0, 0.1) is 5.41 Å². The standard InChI is InChI=1S/C27H34BrNO5/c1-15-23(26(31)34-16-9-7-6-8-10-16)24(17-11-21(32-4)22(33-5)12-18(17)28)25-19(29-15)13-27(2,3)14-20(25)30/h11-12,16,24,29H,6-10,13-14H2,1-5H3/t24-/m0/s1. The minimum absolute atomic E-state index is 0.0564. The molecule has 0 unspecified atom stereocenters. The third-order valence-electron chi connectivity index (χ3n) is 7.10. The normalized spacial score (nSPS) is 22.8. The Kier molecular flexibility index (Phi) is 7.13. The number of nitrogens with one attached hydrogen (secondary N) is 1. The van der Waals surface area contributed by atoms with Gasteiger partial charge in [-0.05, 0) is 62.1 Å². The number of Topliss-reactive ketones (excluding diaryl/α,β-unsaturated/α-hetero) is 1. The lowest BCUT2D eigenvalue weighted by Gasteiger charge is -2.40. The Balaban J connectivity index is 1.84. The molecule has 4 rings (SSSR count). The molecular weight excluding hydrogens is 498 g/mol. The first-order valence-electron chi connectivity index (χ1n) is 12.0. The van der Waals surface area contributed by atoms with Gasteiger partial charge in [-0.15, -0.1) is 0 Å². The number of dihydropyridines is 1. The fourth-order valence-electron chi connectivity index (χ4n) is 5.51. The highest BCUT2D eigenvalue weighted by Crippen LogP contribution is 2.50. The predicted molar refractivity (Wildman–Crippen MR) is 134 cm³/mol. The summed E-state index contributed by atoms with van der Waals surface area (Å²) in [6.07, 6.45) is 6.18. The van der Waals surface area contributed by atoms with E-state index in [4.69, 9.17) is 14.2 Å². The molecular formula is C27H34BrNO5. The van der Waals surface area contributed by atoms with E-state index in [9.17, 15) is 9.59 Å². The molecule has 0 aromatic heterocycles. The minimum atomic E-state index is -0.551. The molecule has 7 heteroatoms. The Morgan fingerprint density at radius 1 is 1.06 bits per heavy atom. The Labute approximate surface area is 210 Å². The Morgan fingerprint density at radius 2 is 1.71 bits per heavy atom. The molecule has 184 valence electrons. The van der Waals surface area contributed by atoms with Gasteiger partial charge in [0, 0.05) is 33.8 Å². The van der Waals surface area contributed by atoms with Gasteiger partial charge in [-0.25, -0.2) is 4.79 Å². The van der Waals surface area contributed by atoms with Crippen molar-refractivity contribution >= 4 is 27.7 Å². The zero-order valence-corrected chi connectivity index (χ0v) is 22.3. The number of ether oxygens (including phenoxy) is 3. The van der Waals surface area contributed by atoms with E-state index >= 15 is 0 Å². The summed E-state index contributed by atoms with van der Waals surface area (Å²) in [5.74, 6) is 0.269. The number of benzene rings is 1. The summed E-state index contributed by atoms with van der Waals surface area (Å²) in [5.41, 5.74) is 3.40. The predicted octanol–water partition coefficient (Wildman–Crippen LogP) is 5.95. The smallest absolute Gasteiger partial charge is 0.337 e. The van der Waals surface area contributed by atoms with Gasteiger partial charge in [0.05, 0.1) is 19.8 Å². The number of rotatable bonds is 5. The molecule has 0 bridgehead atoms. The number of carbonyl (C=O) groups is 2. The average Bonchev–Trinajstić information content (AvgIpc) is 2.77. The molecule has 1 atom stereocenters. The van der Waals surface area contributed by atoms with Crippen LogP contribution in [0.15, 0.2) is 39.1 Å². The Morgan fingerprint density at radius 3 is 2.35 bits per heavy atom. The van der Waals surface area contributed by atoms with Crippen LogP contribution < -0.4 is 14.8 Å². The number of hydrogen-bond acceptors (Lipinski definition) is 6. The first-order chi connectivity index (χ1) is 16.1. The Bertz CT molecular complexity index is 1070. The summed E-state index contributed by atoms with van der Waals surface area (Å²) in [6, 6.07) is 3.69. The molecule has 1 aromatic rings. The maximum absolute atomic E-state index is 13.6. The summed E-state index contributed by atoms with van der Waals surface area (Å²) in [4.78, 5) is 27.2. The van der Waals surface area contributed by atoms with E-state index in [1.807, 2.05) is 19.1 Å². The number of methoxy groups -OCH3 is 2. The molecule has 1 saturated carbocycles. The first-order valence-corrected chi connectivity index (χ1v) is 12.8. The van der Waals surface area contributed by atoms with E-state index in [0.717, 1.165) is 53.5 Å². The Hall–Kier alpha value is -2.28. The van der Waals surface area contributed by atoms with Gasteiger partial charge in [-0.2, -0.15) is 0 Å². The highest BCUT2D eigenvalue weighted by atomic mass is 79.9. The van der Waals surface area contributed by atoms with Gasteiger partial charge in [0.1, 0.15) is 6.10 Å². The largest absolute Gasteiger partial charge is 0.493 e. The summed E-state index contributed by atoms with van der Waals surface area (Å²) in [5, 5.41) is 3.41. The molecule has 34 heavy (non-hydrogen) atoms. The highest BCUT2D eigenvalue weighted by Gasteiger charge is 2.44. The quantitative estimate of drug-likeness (QED) is 0.473. The zero-order chi connectivity index (χ0) is 24.6. The van der Waals surface area contributed by atoms with Gasteiger partial charge < -0.3 is 19.5 Å². The van der Waals surface area contributed by atoms with Crippen molar-refractivity contribution in [2.24, 2.45) is 5.41 Å². The van der Waals surface area contributed by atoms with Gasteiger partial charge in [0.25, 0.3) is 0 Å². The lowest BCUT2D eigenvalue weighted by atomic mass is 9.68. The lowest BCUT2D eigenvalue weighted by Crippen LogP contribution is -2.39. The third-order valence-corrected chi connectivity index (χ3v) is 7.79. The summed E-state index contributed by atoms with van der Waals surface area (Å²) in [7, 11) is 3.16. The molecule has 0 saturated heterocycles. The number of hydrogen-bond donors (Lipinski definition) is 1. The number of ketones is 1. The van der Waals surface area contributed by atoms with E-state index in [2.05, 4.69) is 35.1 Å². The first kappa shape index (κ1) is 24.8. The van der Waals surface area contributed by atoms with Crippen LogP contribution >= 0.6 is 15.9 Å². The van der Waals surface area contributed by atoms with Crippen molar-refractivity contribution in [2.45, 2.75) is 77.7 Å². The van der Waals surface area contributed by atoms with Crippen LogP contribution in [0.5, 0.6) is 11.5 Å². The average molecular weight is 532 g/mol. The van der Waals surface area contributed by atoms with Gasteiger partial charge in [0.15, 0.2) is 17.3 Å². The fourth-order valence-corrected chi connectivity index (χ4v) is 6.06. The van der Waals surface area contributed by atoms with Crippen molar-refractivity contribution in [1.29, 1.82) is 0 Å². The van der Waals surface area contributed by atoms with Crippen molar-refractivity contribution < 1.29 is 23.8 Å². The van der Waals surface area contributed by atoms with Crippen LogP contribution in [0.25, 0.3) is 0 Å². The van der Waals surface area contributed by atoms with Crippen LogP contribution in [0.3, 0.4) is 0 Å². The summed E-state index contributed by atoms with van der Waals surface area (Å²) < 4.78 is 17.8. The van der Waals surface area contributed by atoms with Gasteiger partial charge >= 0.3 is 5.97 Å². The maximum Gasteiger partial charge on any atom is 0.337 e. The summed E-state index contributed by atoms with van der Waals surface area (Å²) in [6.45, 7) is 6.10. The second kappa shape index (κ2) is 9.76. The number of allylic oxidation sites excluding steroid dienone is 3. The van der Waals surface area contributed by atoms with Crippen LogP contribution in [-0.2, 0) is 14.3 Å². The molecule has 1 aliphatic heterocycles.